The molecular weight excluding hydrogens is 310 g/mol. The highest BCUT2D eigenvalue weighted by atomic mass is 32.2. The van der Waals surface area contributed by atoms with Crippen molar-refractivity contribution in [3.8, 4) is 0 Å². The molecule has 0 heterocycles. The van der Waals surface area contributed by atoms with Gasteiger partial charge in [0.2, 0.25) is 0 Å². The van der Waals surface area contributed by atoms with Crippen LogP contribution in [0.3, 0.4) is 0 Å². The maximum absolute atomic E-state index is 11.3. The molecule has 9 heteroatoms. The minimum atomic E-state index is -4.23. The predicted octanol–water partition coefficient (Wildman–Crippen LogP) is 2.13. The minimum Gasteiger partial charge on any atom is -0.379 e. The summed E-state index contributed by atoms with van der Waals surface area (Å²) >= 11 is 0. The normalized spacial score (nSPS) is 11.2. The van der Waals surface area contributed by atoms with Crippen molar-refractivity contribution in [2.24, 2.45) is 5.11 Å². The summed E-state index contributed by atoms with van der Waals surface area (Å²) in [7, 11) is -4.23. The van der Waals surface area contributed by atoms with Crippen molar-refractivity contribution in [3.63, 3.8) is 0 Å². The van der Waals surface area contributed by atoms with Gasteiger partial charge in [-0.1, -0.05) is 22.8 Å². The Morgan fingerprint density at radius 3 is 2.55 bits per heavy atom. The van der Waals surface area contributed by atoms with Gasteiger partial charge in [0.15, 0.2) is 0 Å². The molecule has 0 bridgehead atoms. The van der Waals surface area contributed by atoms with Crippen LogP contribution in [0, 0.1) is 6.92 Å². The highest BCUT2D eigenvalue weighted by Gasteiger charge is 2.14. The average molecular weight is 329 g/mol. The second-order valence-corrected chi connectivity index (χ2v) is 5.91. The number of nitrogens with zero attached hydrogens (tertiary/aromatic N) is 3. The molecule has 0 atom stereocenters. The summed E-state index contributed by atoms with van der Waals surface area (Å²) in [6.45, 7) is 3.47. The lowest BCUT2D eigenvalue weighted by Gasteiger charge is -2.09. The third-order valence-electron chi connectivity index (χ3n) is 2.78. The van der Waals surface area contributed by atoms with Crippen molar-refractivity contribution < 1.29 is 22.4 Å². The van der Waals surface area contributed by atoms with E-state index in [4.69, 9.17) is 15.0 Å². The summed E-state index contributed by atoms with van der Waals surface area (Å²) in [4.78, 5) is 2.51. The van der Waals surface area contributed by atoms with Gasteiger partial charge in [0.1, 0.15) is 0 Å². The van der Waals surface area contributed by atoms with E-state index >= 15 is 0 Å². The number of aryl methyl sites for hydroxylation is 1. The molecule has 1 aromatic rings. The molecule has 0 aliphatic carbocycles. The SMILES string of the molecule is Cc1ccc(S(=O)(=O)O)c(CCOCCOCCN=[N+]=[N-])c1. The Bertz CT molecular complexity index is 627. The number of benzene rings is 1. The second kappa shape index (κ2) is 9.39. The van der Waals surface area contributed by atoms with Gasteiger partial charge in [-0.25, -0.2) is 0 Å². The van der Waals surface area contributed by atoms with E-state index in [1.807, 2.05) is 6.92 Å². The number of rotatable bonds is 10. The van der Waals surface area contributed by atoms with Crippen LogP contribution < -0.4 is 0 Å². The second-order valence-electron chi connectivity index (χ2n) is 4.52. The highest BCUT2D eigenvalue weighted by molar-refractivity contribution is 7.85. The zero-order chi connectivity index (χ0) is 16.4. The highest BCUT2D eigenvalue weighted by Crippen LogP contribution is 2.17. The van der Waals surface area contributed by atoms with Crippen molar-refractivity contribution in [2.75, 3.05) is 33.0 Å². The lowest BCUT2D eigenvalue weighted by atomic mass is 10.1. The first-order chi connectivity index (χ1) is 10.4. The van der Waals surface area contributed by atoms with Crippen LogP contribution in [0.15, 0.2) is 28.2 Å². The molecule has 122 valence electrons. The molecule has 0 fully saturated rings. The molecule has 1 N–H and O–H groups in total. The molecular formula is C13H19N3O5S. The first-order valence-corrected chi connectivity index (χ1v) is 8.12. The Morgan fingerprint density at radius 2 is 1.91 bits per heavy atom. The van der Waals surface area contributed by atoms with Crippen LogP contribution in [0.2, 0.25) is 0 Å². The zero-order valence-corrected chi connectivity index (χ0v) is 13.1. The monoisotopic (exact) mass is 329 g/mol. The first kappa shape index (κ1) is 18.4. The topological polar surface area (TPSA) is 122 Å². The van der Waals surface area contributed by atoms with Gasteiger partial charge in [-0.3, -0.25) is 4.55 Å². The van der Waals surface area contributed by atoms with E-state index < -0.39 is 10.1 Å². The van der Waals surface area contributed by atoms with Crippen LogP contribution in [0.1, 0.15) is 11.1 Å². The molecule has 0 radical (unpaired) electrons. The third-order valence-corrected chi connectivity index (χ3v) is 3.73. The Morgan fingerprint density at radius 1 is 1.23 bits per heavy atom. The van der Waals surface area contributed by atoms with Crippen LogP contribution in [-0.4, -0.2) is 45.9 Å². The summed E-state index contributed by atoms with van der Waals surface area (Å²) in [6, 6.07) is 4.73. The van der Waals surface area contributed by atoms with Crippen molar-refractivity contribution in [1.82, 2.24) is 0 Å². The van der Waals surface area contributed by atoms with Crippen molar-refractivity contribution >= 4 is 10.1 Å². The Kier molecular flexibility index (Phi) is 7.86. The van der Waals surface area contributed by atoms with E-state index in [1.54, 1.807) is 12.1 Å². The molecule has 0 saturated heterocycles. The smallest absolute Gasteiger partial charge is 0.294 e. The zero-order valence-electron chi connectivity index (χ0n) is 12.3. The summed E-state index contributed by atoms with van der Waals surface area (Å²) in [5.41, 5.74) is 9.49. The third kappa shape index (κ3) is 6.88. The van der Waals surface area contributed by atoms with Crippen molar-refractivity contribution in [3.05, 3.63) is 39.8 Å². The molecule has 0 aliphatic rings. The lowest BCUT2D eigenvalue weighted by Crippen LogP contribution is -2.10. The van der Waals surface area contributed by atoms with E-state index in [-0.39, 0.29) is 11.4 Å². The summed E-state index contributed by atoms with van der Waals surface area (Å²) < 4.78 is 42.3. The minimum absolute atomic E-state index is 0.0904. The van der Waals surface area contributed by atoms with Gasteiger partial charge in [0.25, 0.3) is 10.1 Å². The fraction of sp³-hybridized carbons (Fsp3) is 0.538. The lowest BCUT2D eigenvalue weighted by molar-refractivity contribution is 0.0518. The quantitative estimate of drug-likeness (QED) is 0.232. The van der Waals surface area contributed by atoms with Crippen molar-refractivity contribution in [2.45, 2.75) is 18.2 Å². The van der Waals surface area contributed by atoms with E-state index in [1.165, 1.54) is 6.07 Å². The largest absolute Gasteiger partial charge is 0.379 e. The average Bonchev–Trinajstić information content (AvgIpc) is 2.44. The van der Waals surface area contributed by atoms with Crippen LogP contribution in [0.5, 0.6) is 0 Å². The van der Waals surface area contributed by atoms with Gasteiger partial charge in [0, 0.05) is 11.5 Å². The maximum atomic E-state index is 11.3. The molecule has 0 spiro atoms. The standard InChI is InChI=1S/C13H19N3O5S/c1-11-2-3-13(22(17,18)19)12(10-11)4-6-20-8-9-21-7-5-15-16-14/h2-3,10H,4-9H2,1H3,(H,17,18,19). The van der Waals surface area contributed by atoms with Gasteiger partial charge in [-0.05, 0) is 30.5 Å². The van der Waals surface area contributed by atoms with E-state index in [0.717, 1.165) is 5.56 Å². The molecule has 0 aliphatic heterocycles. The van der Waals surface area contributed by atoms with Crippen LogP contribution >= 0.6 is 0 Å². The Balaban J connectivity index is 2.36. The summed E-state index contributed by atoms with van der Waals surface area (Å²) in [5.74, 6) is 0. The fourth-order valence-corrected chi connectivity index (χ4v) is 2.54. The summed E-state index contributed by atoms with van der Waals surface area (Å²) in [5, 5.41) is 3.32. The number of ether oxygens (including phenoxy) is 2. The number of azide groups is 1. The van der Waals surface area contributed by atoms with Crippen molar-refractivity contribution in [1.29, 1.82) is 0 Å². The van der Waals surface area contributed by atoms with Gasteiger partial charge < -0.3 is 9.47 Å². The summed E-state index contributed by atoms with van der Waals surface area (Å²) in [6.07, 6.45) is 0.371. The molecule has 0 unspecified atom stereocenters. The molecule has 22 heavy (non-hydrogen) atoms. The molecule has 0 amide bonds. The van der Waals surface area contributed by atoms with E-state index in [9.17, 15) is 13.0 Å². The van der Waals surface area contributed by atoms with Crippen LogP contribution in [-0.2, 0) is 26.0 Å². The molecule has 0 saturated carbocycles. The molecule has 0 aromatic heterocycles. The van der Waals surface area contributed by atoms with Gasteiger partial charge in [0.05, 0.1) is 31.3 Å². The molecule has 8 nitrogen and oxygen atoms in total. The van der Waals surface area contributed by atoms with Gasteiger partial charge in [-0.2, -0.15) is 8.42 Å². The Hall–Kier alpha value is -1.64. The first-order valence-electron chi connectivity index (χ1n) is 6.68. The Labute approximate surface area is 129 Å². The fourth-order valence-electron chi connectivity index (χ4n) is 1.81. The van der Waals surface area contributed by atoms with E-state index in [2.05, 4.69) is 10.0 Å². The van der Waals surface area contributed by atoms with Gasteiger partial charge >= 0.3 is 0 Å². The number of hydrogen-bond donors (Lipinski definition) is 1. The molecule has 1 aromatic carbocycles. The van der Waals surface area contributed by atoms with Crippen LogP contribution in [0.25, 0.3) is 10.4 Å². The predicted molar refractivity (Wildman–Crippen MR) is 80.3 cm³/mol. The number of hydrogen-bond acceptors (Lipinski definition) is 5. The van der Waals surface area contributed by atoms with E-state index in [0.29, 0.717) is 38.4 Å². The van der Waals surface area contributed by atoms with Crippen LogP contribution in [0.4, 0.5) is 0 Å². The van der Waals surface area contributed by atoms with Gasteiger partial charge in [-0.15, -0.1) is 0 Å². The maximum Gasteiger partial charge on any atom is 0.294 e. The molecule has 1 rings (SSSR count).